The van der Waals surface area contributed by atoms with Crippen LogP contribution in [0.3, 0.4) is 0 Å². The summed E-state index contributed by atoms with van der Waals surface area (Å²) in [4.78, 5) is 2.98. The molecule has 98 valence electrons. The lowest BCUT2D eigenvalue weighted by Crippen LogP contribution is -2.53. The minimum atomic E-state index is -0.146. The molecule has 3 rings (SSSR count). The Bertz CT molecular complexity index is 264. The number of rotatable bonds is 1. The van der Waals surface area contributed by atoms with Gasteiger partial charge in [-0.3, -0.25) is 15.5 Å². The minimum Gasteiger partial charge on any atom is -0.393 e. The van der Waals surface area contributed by atoms with Gasteiger partial charge in [-0.05, 0) is 32.2 Å². The molecular weight excluding hydrogens is 282 g/mol. The predicted octanol–water partition coefficient (Wildman–Crippen LogP) is 0.462. The van der Waals surface area contributed by atoms with Crippen LogP contribution in [0.15, 0.2) is 0 Å². The molecule has 5 heteroatoms. The second kappa shape index (κ2) is 5.13. The van der Waals surface area contributed by atoms with Gasteiger partial charge in [0.1, 0.15) is 6.29 Å². The lowest BCUT2D eigenvalue weighted by atomic mass is 9.81. The summed E-state index contributed by atoms with van der Waals surface area (Å²) in [6.45, 7) is 3.38. The number of alkyl halides is 1. The van der Waals surface area contributed by atoms with Gasteiger partial charge >= 0.3 is 0 Å². The van der Waals surface area contributed by atoms with E-state index < -0.39 is 0 Å². The maximum Gasteiger partial charge on any atom is 0.114 e. The molecule has 3 N–H and O–H groups in total. The highest BCUT2D eigenvalue weighted by molar-refractivity contribution is 9.09. The highest BCUT2D eigenvalue weighted by Gasteiger charge is 2.41. The topological polar surface area (TPSA) is 47.5 Å². The summed E-state index contributed by atoms with van der Waals surface area (Å²) in [7, 11) is 0. The van der Waals surface area contributed by atoms with Crippen LogP contribution in [-0.4, -0.2) is 52.9 Å². The van der Waals surface area contributed by atoms with E-state index in [1.165, 1.54) is 19.4 Å². The van der Waals surface area contributed by atoms with Crippen molar-refractivity contribution >= 4 is 15.9 Å². The van der Waals surface area contributed by atoms with Crippen molar-refractivity contribution < 1.29 is 5.11 Å². The molecule has 17 heavy (non-hydrogen) atoms. The van der Waals surface area contributed by atoms with Crippen molar-refractivity contribution in [2.75, 3.05) is 19.6 Å². The van der Waals surface area contributed by atoms with Crippen LogP contribution in [0.4, 0.5) is 0 Å². The first-order valence-corrected chi connectivity index (χ1v) is 7.71. The Balaban J connectivity index is 1.61. The van der Waals surface area contributed by atoms with Crippen molar-refractivity contribution in [3.05, 3.63) is 0 Å². The molecule has 2 aliphatic heterocycles. The summed E-state index contributed by atoms with van der Waals surface area (Å²) >= 11 is 3.62. The number of aliphatic hydroxyl groups is 1. The highest BCUT2D eigenvalue weighted by Crippen LogP contribution is 2.33. The van der Waals surface area contributed by atoms with Crippen LogP contribution >= 0.6 is 15.9 Å². The van der Waals surface area contributed by atoms with Crippen LogP contribution in [0.1, 0.15) is 25.7 Å². The Labute approximate surface area is 111 Å². The maximum absolute atomic E-state index is 10.2. The number of fused-ring (bicyclic) bond motifs is 1. The van der Waals surface area contributed by atoms with E-state index in [9.17, 15) is 5.11 Å². The van der Waals surface area contributed by atoms with Crippen LogP contribution in [0.2, 0.25) is 0 Å². The fraction of sp³-hybridized carbons (Fsp3) is 1.00. The molecule has 4 nitrogen and oxygen atoms in total. The fourth-order valence-corrected chi connectivity index (χ4v) is 4.14. The Morgan fingerprint density at radius 1 is 1.29 bits per heavy atom. The maximum atomic E-state index is 10.2. The SMILES string of the molecule is OC1CC(Br)CCC1C1CN2CCCNC2N1. The van der Waals surface area contributed by atoms with Crippen LogP contribution in [0, 0.1) is 5.92 Å². The Morgan fingerprint density at radius 2 is 2.18 bits per heavy atom. The summed E-state index contributed by atoms with van der Waals surface area (Å²) in [5, 5.41) is 17.4. The van der Waals surface area contributed by atoms with Gasteiger partial charge in [0.2, 0.25) is 0 Å². The third kappa shape index (κ3) is 2.54. The first-order valence-electron chi connectivity index (χ1n) is 6.79. The molecule has 5 unspecified atom stereocenters. The van der Waals surface area contributed by atoms with Gasteiger partial charge in [0.05, 0.1) is 6.10 Å². The van der Waals surface area contributed by atoms with Gasteiger partial charge < -0.3 is 5.11 Å². The van der Waals surface area contributed by atoms with Crippen molar-refractivity contribution in [2.45, 2.75) is 48.9 Å². The molecule has 0 aromatic rings. The third-order valence-electron chi connectivity index (χ3n) is 4.45. The van der Waals surface area contributed by atoms with E-state index in [0.717, 1.165) is 25.9 Å². The quantitative estimate of drug-likeness (QED) is 0.616. The molecule has 1 aliphatic carbocycles. The standard InChI is InChI=1S/C12H22BrN3O/c13-8-2-3-9(11(17)6-8)10-7-16-5-1-4-14-12(16)15-10/h8-12,14-15,17H,1-7H2. The zero-order valence-corrected chi connectivity index (χ0v) is 11.7. The molecule has 0 aromatic heterocycles. The molecule has 0 radical (unpaired) electrons. The van der Waals surface area contributed by atoms with Crippen LogP contribution in [-0.2, 0) is 0 Å². The smallest absolute Gasteiger partial charge is 0.114 e. The minimum absolute atomic E-state index is 0.146. The van der Waals surface area contributed by atoms with E-state index in [2.05, 4.69) is 31.5 Å². The van der Waals surface area contributed by atoms with Crippen molar-refractivity contribution in [2.24, 2.45) is 5.92 Å². The van der Waals surface area contributed by atoms with Gasteiger partial charge in [-0.1, -0.05) is 15.9 Å². The molecule has 0 bridgehead atoms. The van der Waals surface area contributed by atoms with Crippen molar-refractivity contribution in [3.8, 4) is 0 Å². The zero-order valence-electron chi connectivity index (χ0n) is 10.1. The van der Waals surface area contributed by atoms with E-state index in [1.807, 2.05) is 0 Å². The normalized spacial score (nSPS) is 48.0. The van der Waals surface area contributed by atoms with Gasteiger partial charge in [0, 0.05) is 29.9 Å². The summed E-state index contributed by atoms with van der Waals surface area (Å²) in [6, 6.07) is 0.459. The molecule has 1 saturated carbocycles. The Kier molecular flexibility index (Phi) is 3.73. The second-order valence-electron chi connectivity index (χ2n) is 5.62. The van der Waals surface area contributed by atoms with E-state index >= 15 is 0 Å². The summed E-state index contributed by atoms with van der Waals surface area (Å²) < 4.78 is 0. The van der Waals surface area contributed by atoms with Crippen molar-refractivity contribution in [1.82, 2.24) is 15.5 Å². The van der Waals surface area contributed by atoms with Crippen molar-refractivity contribution in [1.29, 1.82) is 0 Å². The molecule has 2 heterocycles. The van der Waals surface area contributed by atoms with Crippen molar-refractivity contribution in [3.63, 3.8) is 0 Å². The predicted molar refractivity (Wildman–Crippen MR) is 71.0 cm³/mol. The van der Waals surface area contributed by atoms with Gasteiger partial charge in [-0.2, -0.15) is 0 Å². The molecule has 0 amide bonds. The van der Waals surface area contributed by atoms with E-state index in [0.29, 0.717) is 23.1 Å². The van der Waals surface area contributed by atoms with Crippen LogP contribution in [0.5, 0.6) is 0 Å². The average Bonchev–Trinajstić information content (AvgIpc) is 2.72. The molecule has 3 fully saturated rings. The molecule has 5 atom stereocenters. The van der Waals surface area contributed by atoms with Gasteiger partial charge in [-0.25, -0.2) is 0 Å². The first-order chi connectivity index (χ1) is 8.24. The average molecular weight is 304 g/mol. The fourth-order valence-electron chi connectivity index (χ4n) is 3.50. The monoisotopic (exact) mass is 303 g/mol. The molecule has 0 spiro atoms. The summed E-state index contributed by atoms with van der Waals surface area (Å²) in [5.41, 5.74) is 0. The number of aliphatic hydroxyl groups excluding tert-OH is 1. The number of hydrogen-bond donors (Lipinski definition) is 3. The van der Waals surface area contributed by atoms with E-state index in [-0.39, 0.29) is 6.10 Å². The summed E-state index contributed by atoms with van der Waals surface area (Å²) in [6.07, 6.45) is 4.67. The van der Waals surface area contributed by atoms with Gasteiger partial charge in [0.15, 0.2) is 0 Å². The zero-order chi connectivity index (χ0) is 11.8. The van der Waals surface area contributed by atoms with E-state index in [4.69, 9.17) is 0 Å². The number of halogens is 1. The summed E-state index contributed by atoms with van der Waals surface area (Å²) in [5.74, 6) is 0.427. The Hall–Kier alpha value is 0.320. The van der Waals surface area contributed by atoms with E-state index in [1.54, 1.807) is 0 Å². The molecular formula is C12H22BrN3O. The Morgan fingerprint density at radius 3 is 2.94 bits per heavy atom. The third-order valence-corrected chi connectivity index (χ3v) is 5.28. The molecule has 3 aliphatic rings. The molecule has 2 saturated heterocycles. The van der Waals surface area contributed by atoms with Gasteiger partial charge in [-0.15, -0.1) is 0 Å². The van der Waals surface area contributed by atoms with Crippen LogP contribution in [0.25, 0.3) is 0 Å². The largest absolute Gasteiger partial charge is 0.393 e. The second-order valence-corrected chi connectivity index (χ2v) is 6.91. The highest BCUT2D eigenvalue weighted by atomic mass is 79.9. The number of nitrogens with one attached hydrogen (secondary N) is 2. The first kappa shape index (κ1) is 12.4. The molecule has 0 aromatic carbocycles. The van der Waals surface area contributed by atoms with Crippen LogP contribution < -0.4 is 10.6 Å². The lowest BCUT2D eigenvalue weighted by molar-refractivity contribution is 0.0559. The number of hydrogen-bond acceptors (Lipinski definition) is 4. The van der Waals surface area contributed by atoms with Gasteiger partial charge in [0.25, 0.3) is 0 Å². The lowest BCUT2D eigenvalue weighted by Gasteiger charge is -2.34. The number of nitrogens with zero attached hydrogens (tertiary/aromatic N) is 1.